The van der Waals surface area contributed by atoms with Crippen molar-refractivity contribution in [3.8, 4) is 11.3 Å². The lowest BCUT2D eigenvalue weighted by atomic mass is 10.1. The fourth-order valence-electron chi connectivity index (χ4n) is 1.80. The number of aromatic nitrogens is 1. The van der Waals surface area contributed by atoms with E-state index in [1.54, 1.807) is 0 Å². The van der Waals surface area contributed by atoms with Crippen LogP contribution in [-0.2, 0) is 17.4 Å². The lowest BCUT2D eigenvalue weighted by molar-refractivity contribution is -0.138. The van der Waals surface area contributed by atoms with E-state index < -0.39 is 29.9 Å². The van der Waals surface area contributed by atoms with Crippen LogP contribution in [0.1, 0.15) is 11.1 Å². The van der Waals surface area contributed by atoms with Gasteiger partial charge in [0.15, 0.2) is 0 Å². The number of pyridine rings is 1. The Balaban J connectivity index is 2.41. The van der Waals surface area contributed by atoms with E-state index in [9.17, 15) is 22.4 Å². The molecule has 2 rings (SSSR count). The number of rotatable bonds is 3. The largest absolute Gasteiger partial charge is 0.481 e. The molecule has 0 spiro atoms. The standard InChI is InChI=1S/C14H9F4NO2/c15-11-4-8(5-12(20)21)7-19-13(11)9-2-1-3-10(6-9)14(16,17)18/h1-4,6-7H,5H2,(H,20,21). The van der Waals surface area contributed by atoms with Gasteiger partial charge in [0.05, 0.1) is 12.0 Å². The predicted molar refractivity (Wildman–Crippen MR) is 66.0 cm³/mol. The minimum atomic E-state index is -4.53. The van der Waals surface area contributed by atoms with Crippen molar-refractivity contribution < 1.29 is 27.5 Å². The number of alkyl halides is 3. The van der Waals surface area contributed by atoms with Crippen molar-refractivity contribution in [1.82, 2.24) is 4.98 Å². The Hall–Kier alpha value is -2.44. The molecule has 7 heteroatoms. The van der Waals surface area contributed by atoms with E-state index in [0.717, 1.165) is 30.5 Å². The molecule has 0 bridgehead atoms. The zero-order valence-corrected chi connectivity index (χ0v) is 10.5. The van der Waals surface area contributed by atoms with E-state index in [4.69, 9.17) is 5.11 Å². The van der Waals surface area contributed by atoms with Crippen molar-refractivity contribution >= 4 is 5.97 Å². The number of hydrogen-bond donors (Lipinski definition) is 1. The van der Waals surface area contributed by atoms with Gasteiger partial charge in [0.1, 0.15) is 11.5 Å². The zero-order valence-electron chi connectivity index (χ0n) is 10.5. The molecule has 0 atom stereocenters. The number of aliphatic carboxylic acids is 1. The highest BCUT2D eigenvalue weighted by Gasteiger charge is 2.30. The first-order chi connectivity index (χ1) is 9.77. The third-order valence-corrected chi connectivity index (χ3v) is 2.72. The third kappa shape index (κ3) is 3.56. The number of carbonyl (C=O) groups is 1. The Morgan fingerprint density at radius 2 is 1.95 bits per heavy atom. The molecule has 0 radical (unpaired) electrons. The summed E-state index contributed by atoms with van der Waals surface area (Å²) in [5.74, 6) is -2.02. The maximum atomic E-state index is 13.9. The third-order valence-electron chi connectivity index (χ3n) is 2.72. The van der Waals surface area contributed by atoms with Crippen LogP contribution in [-0.4, -0.2) is 16.1 Å². The molecule has 2 aromatic rings. The molecular weight excluding hydrogens is 290 g/mol. The monoisotopic (exact) mass is 299 g/mol. The van der Waals surface area contributed by atoms with Gasteiger partial charge >= 0.3 is 12.1 Å². The molecule has 0 aliphatic rings. The summed E-state index contributed by atoms with van der Waals surface area (Å²) in [6, 6.07) is 5.08. The van der Waals surface area contributed by atoms with Crippen LogP contribution in [0, 0.1) is 5.82 Å². The van der Waals surface area contributed by atoms with Crippen molar-refractivity contribution in [3.05, 3.63) is 53.5 Å². The lowest BCUT2D eigenvalue weighted by Gasteiger charge is -2.09. The quantitative estimate of drug-likeness (QED) is 0.882. The topological polar surface area (TPSA) is 50.2 Å². The summed E-state index contributed by atoms with van der Waals surface area (Å²) in [7, 11) is 0. The predicted octanol–water partition coefficient (Wildman–Crippen LogP) is 3.53. The Morgan fingerprint density at radius 1 is 1.24 bits per heavy atom. The van der Waals surface area contributed by atoms with Gasteiger partial charge in [-0.15, -0.1) is 0 Å². The van der Waals surface area contributed by atoms with Gasteiger partial charge in [-0.25, -0.2) is 4.39 Å². The van der Waals surface area contributed by atoms with Gasteiger partial charge in [0, 0.05) is 11.8 Å². The molecule has 0 amide bonds. The molecule has 0 aliphatic heterocycles. The van der Waals surface area contributed by atoms with E-state index in [-0.39, 0.29) is 16.8 Å². The van der Waals surface area contributed by atoms with Crippen LogP contribution in [0.5, 0.6) is 0 Å². The van der Waals surface area contributed by atoms with Crippen LogP contribution in [0.4, 0.5) is 17.6 Å². The van der Waals surface area contributed by atoms with E-state index in [0.29, 0.717) is 0 Å². The number of carboxylic acid groups (broad SMARTS) is 1. The summed E-state index contributed by atoms with van der Waals surface area (Å²) in [5, 5.41) is 8.59. The zero-order chi connectivity index (χ0) is 15.6. The number of benzene rings is 1. The van der Waals surface area contributed by atoms with Gasteiger partial charge in [0.25, 0.3) is 0 Å². The van der Waals surface area contributed by atoms with Crippen LogP contribution >= 0.6 is 0 Å². The summed E-state index contributed by atoms with van der Waals surface area (Å²) in [5.41, 5.74) is -1.05. The van der Waals surface area contributed by atoms with Crippen molar-refractivity contribution in [2.45, 2.75) is 12.6 Å². The molecule has 3 nitrogen and oxygen atoms in total. The second kappa shape index (κ2) is 5.51. The molecule has 0 saturated carbocycles. The van der Waals surface area contributed by atoms with Crippen molar-refractivity contribution in [2.24, 2.45) is 0 Å². The SMILES string of the molecule is O=C(O)Cc1cnc(-c2cccc(C(F)(F)F)c2)c(F)c1. The van der Waals surface area contributed by atoms with Crippen LogP contribution in [0.25, 0.3) is 11.3 Å². The fourth-order valence-corrected chi connectivity index (χ4v) is 1.80. The highest BCUT2D eigenvalue weighted by molar-refractivity contribution is 5.70. The highest BCUT2D eigenvalue weighted by Crippen LogP contribution is 2.32. The number of nitrogens with zero attached hydrogens (tertiary/aromatic N) is 1. The van der Waals surface area contributed by atoms with E-state index in [2.05, 4.69) is 4.98 Å². The van der Waals surface area contributed by atoms with E-state index >= 15 is 0 Å². The molecule has 0 unspecified atom stereocenters. The van der Waals surface area contributed by atoms with Crippen LogP contribution in [0.2, 0.25) is 0 Å². The number of hydrogen-bond acceptors (Lipinski definition) is 2. The Bertz CT molecular complexity index is 683. The number of halogens is 4. The average molecular weight is 299 g/mol. The minimum Gasteiger partial charge on any atom is -0.481 e. The van der Waals surface area contributed by atoms with Crippen molar-refractivity contribution in [2.75, 3.05) is 0 Å². The maximum absolute atomic E-state index is 13.9. The first-order valence-corrected chi connectivity index (χ1v) is 5.81. The molecule has 0 fully saturated rings. The summed E-state index contributed by atoms with van der Waals surface area (Å²) in [6.45, 7) is 0. The summed E-state index contributed by atoms with van der Waals surface area (Å²) in [4.78, 5) is 14.2. The molecule has 0 aliphatic carbocycles. The molecule has 1 aromatic carbocycles. The highest BCUT2D eigenvalue weighted by atomic mass is 19.4. The molecule has 1 aromatic heterocycles. The van der Waals surface area contributed by atoms with Crippen molar-refractivity contribution in [3.63, 3.8) is 0 Å². The lowest BCUT2D eigenvalue weighted by Crippen LogP contribution is -2.05. The minimum absolute atomic E-state index is 0.0239. The molecule has 21 heavy (non-hydrogen) atoms. The first kappa shape index (κ1) is 15.0. The van der Waals surface area contributed by atoms with Gasteiger partial charge in [-0.1, -0.05) is 12.1 Å². The summed E-state index contributed by atoms with van der Waals surface area (Å²) in [6.07, 6.45) is -3.81. The van der Waals surface area contributed by atoms with E-state index in [1.807, 2.05) is 0 Å². The second-order valence-electron chi connectivity index (χ2n) is 4.32. The first-order valence-electron chi connectivity index (χ1n) is 5.81. The van der Waals surface area contributed by atoms with Crippen molar-refractivity contribution in [1.29, 1.82) is 0 Å². The number of carboxylic acids is 1. The maximum Gasteiger partial charge on any atom is 0.416 e. The van der Waals surface area contributed by atoms with E-state index in [1.165, 1.54) is 6.07 Å². The Kier molecular flexibility index (Phi) is 3.93. The Labute approximate surface area is 116 Å². The summed E-state index contributed by atoms with van der Waals surface area (Å²) >= 11 is 0. The second-order valence-corrected chi connectivity index (χ2v) is 4.32. The van der Waals surface area contributed by atoms with Gasteiger partial charge in [-0.3, -0.25) is 9.78 Å². The van der Waals surface area contributed by atoms with Gasteiger partial charge in [-0.05, 0) is 23.8 Å². The Morgan fingerprint density at radius 3 is 2.52 bits per heavy atom. The van der Waals surface area contributed by atoms with Crippen LogP contribution in [0.3, 0.4) is 0 Å². The average Bonchev–Trinajstić information content (AvgIpc) is 2.37. The van der Waals surface area contributed by atoms with Gasteiger partial charge in [0.2, 0.25) is 0 Å². The molecule has 110 valence electrons. The molecular formula is C14H9F4NO2. The van der Waals surface area contributed by atoms with Crippen LogP contribution < -0.4 is 0 Å². The normalized spacial score (nSPS) is 11.4. The molecule has 1 N–H and O–H groups in total. The molecule has 1 heterocycles. The smallest absolute Gasteiger partial charge is 0.416 e. The summed E-state index contributed by atoms with van der Waals surface area (Å²) < 4.78 is 51.7. The fraction of sp³-hybridized carbons (Fsp3) is 0.143. The molecule has 0 saturated heterocycles. The van der Waals surface area contributed by atoms with Gasteiger partial charge < -0.3 is 5.11 Å². The van der Waals surface area contributed by atoms with Crippen LogP contribution in [0.15, 0.2) is 36.5 Å². The van der Waals surface area contributed by atoms with Gasteiger partial charge in [-0.2, -0.15) is 13.2 Å².